The van der Waals surface area contributed by atoms with Gasteiger partial charge in [0.1, 0.15) is 10.5 Å². The second-order valence-corrected chi connectivity index (χ2v) is 8.30. The Kier molecular flexibility index (Phi) is 6.28. The third kappa shape index (κ3) is 4.56. The first-order valence-corrected chi connectivity index (χ1v) is 10.5. The molecule has 142 valence electrons. The van der Waals surface area contributed by atoms with E-state index < -0.39 is 5.82 Å². The van der Waals surface area contributed by atoms with Crippen molar-refractivity contribution in [1.29, 1.82) is 0 Å². The van der Waals surface area contributed by atoms with Crippen molar-refractivity contribution in [2.45, 2.75) is 25.4 Å². The molecule has 1 N–H and O–H groups in total. The Morgan fingerprint density at radius 3 is 2.85 bits per heavy atom. The van der Waals surface area contributed by atoms with Gasteiger partial charge < -0.3 is 5.32 Å². The normalized spacial score (nSPS) is 11.3. The molecule has 0 saturated heterocycles. The van der Waals surface area contributed by atoms with E-state index in [1.54, 1.807) is 23.6 Å². The quantitative estimate of drug-likeness (QED) is 0.479. The summed E-state index contributed by atoms with van der Waals surface area (Å²) >= 11 is 2.40. The van der Waals surface area contributed by atoms with E-state index in [1.807, 2.05) is 0 Å². The lowest BCUT2D eigenvalue weighted by molar-refractivity contribution is -0.118. The number of nitrogens with zero attached hydrogens (tertiary/aromatic N) is 2. The molecule has 3 aromatic rings. The Labute approximate surface area is 164 Å². The van der Waals surface area contributed by atoms with Crippen molar-refractivity contribution in [1.82, 2.24) is 14.9 Å². The molecule has 1 aromatic carbocycles. The highest BCUT2D eigenvalue weighted by Crippen LogP contribution is 2.24. The van der Waals surface area contributed by atoms with Crippen LogP contribution in [0.4, 0.5) is 4.39 Å². The zero-order valence-corrected chi connectivity index (χ0v) is 16.7. The lowest BCUT2D eigenvalue weighted by Crippen LogP contribution is -2.28. The van der Waals surface area contributed by atoms with Crippen LogP contribution in [0.15, 0.2) is 45.7 Å². The molecule has 0 atom stereocenters. The molecule has 3 rings (SSSR count). The molecule has 5 nitrogen and oxygen atoms in total. The molecule has 0 radical (unpaired) electrons. The molecule has 0 aliphatic rings. The van der Waals surface area contributed by atoms with Crippen LogP contribution in [-0.4, -0.2) is 27.8 Å². The first kappa shape index (κ1) is 19.6. The average Bonchev–Trinajstić information content (AvgIpc) is 3.10. The van der Waals surface area contributed by atoms with Crippen molar-refractivity contribution in [3.63, 3.8) is 0 Å². The summed E-state index contributed by atoms with van der Waals surface area (Å²) in [7, 11) is 0. The number of hydrogen-bond donors (Lipinski definition) is 1. The second-order valence-electron chi connectivity index (χ2n) is 6.44. The van der Waals surface area contributed by atoms with E-state index in [0.717, 1.165) is 18.2 Å². The summed E-state index contributed by atoms with van der Waals surface area (Å²) in [5.41, 5.74) is 0.358. The second kappa shape index (κ2) is 8.67. The number of halogens is 1. The zero-order chi connectivity index (χ0) is 19.4. The number of benzene rings is 1. The summed E-state index contributed by atoms with van der Waals surface area (Å²) in [6.45, 7) is 4.79. The third-order valence-electron chi connectivity index (χ3n) is 3.92. The fourth-order valence-electron chi connectivity index (χ4n) is 2.52. The molecule has 0 bridgehead atoms. The van der Waals surface area contributed by atoms with Gasteiger partial charge in [0.05, 0.1) is 17.0 Å². The molecule has 0 aliphatic heterocycles. The highest BCUT2D eigenvalue weighted by molar-refractivity contribution is 7.99. The molecule has 0 unspecified atom stereocenters. The zero-order valence-electron chi connectivity index (χ0n) is 15.1. The van der Waals surface area contributed by atoms with E-state index in [1.165, 1.54) is 28.0 Å². The van der Waals surface area contributed by atoms with Gasteiger partial charge in [0.25, 0.3) is 5.56 Å². The van der Waals surface area contributed by atoms with Gasteiger partial charge >= 0.3 is 0 Å². The van der Waals surface area contributed by atoms with Crippen molar-refractivity contribution in [2.24, 2.45) is 5.92 Å². The van der Waals surface area contributed by atoms with E-state index in [-0.39, 0.29) is 22.9 Å². The number of aromatic nitrogens is 2. The number of rotatable bonds is 7. The topological polar surface area (TPSA) is 64.0 Å². The van der Waals surface area contributed by atoms with Crippen LogP contribution in [0.1, 0.15) is 20.3 Å². The SMILES string of the molecule is CC(C)CCNC(=O)CSc1nc2ccsc2c(=O)n1-c1ccccc1F. The van der Waals surface area contributed by atoms with Crippen molar-refractivity contribution >= 4 is 39.2 Å². The van der Waals surface area contributed by atoms with Crippen LogP contribution in [0.2, 0.25) is 0 Å². The van der Waals surface area contributed by atoms with Crippen LogP contribution in [0.3, 0.4) is 0 Å². The van der Waals surface area contributed by atoms with E-state index in [4.69, 9.17) is 0 Å². The molecule has 2 heterocycles. The molecule has 0 spiro atoms. The molecule has 0 aliphatic carbocycles. The molecular formula is C19H20FN3O2S2. The molecule has 2 aromatic heterocycles. The lowest BCUT2D eigenvalue weighted by atomic mass is 10.1. The number of fused-ring (bicyclic) bond motifs is 1. The molecule has 0 saturated carbocycles. The van der Waals surface area contributed by atoms with Crippen LogP contribution in [0.25, 0.3) is 15.9 Å². The van der Waals surface area contributed by atoms with Gasteiger partial charge in [0.2, 0.25) is 5.91 Å². The number of carbonyl (C=O) groups is 1. The minimum atomic E-state index is -0.513. The van der Waals surface area contributed by atoms with Crippen molar-refractivity contribution in [3.8, 4) is 5.69 Å². The maximum absolute atomic E-state index is 14.3. The molecule has 0 fully saturated rings. The minimum Gasteiger partial charge on any atom is -0.355 e. The first-order chi connectivity index (χ1) is 13.0. The monoisotopic (exact) mass is 405 g/mol. The fraction of sp³-hybridized carbons (Fsp3) is 0.316. The summed E-state index contributed by atoms with van der Waals surface area (Å²) in [5, 5.41) is 4.93. The van der Waals surface area contributed by atoms with Crippen LogP contribution < -0.4 is 10.9 Å². The summed E-state index contributed by atoms with van der Waals surface area (Å²) < 4.78 is 16.0. The summed E-state index contributed by atoms with van der Waals surface area (Å²) in [5.74, 6) is -0.0398. The average molecular weight is 406 g/mol. The number of carbonyl (C=O) groups excluding carboxylic acids is 1. The number of para-hydroxylation sites is 1. The van der Waals surface area contributed by atoms with Gasteiger partial charge in [0, 0.05) is 6.54 Å². The maximum atomic E-state index is 14.3. The van der Waals surface area contributed by atoms with Crippen LogP contribution >= 0.6 is 23.1 Å². The highest BCUT2D eigenvalue weighted by atomic mass is 32.2. The Balaban J connectivity index is 1.90. The van der Waals surface area contributed by atoms with Gasteiger partial charge in [-0.1, -0.05) is 37.7 Å². The van der Waals surface area contributed by atoms with E-state index in [2.05, 4.69) is 24.1 Å². The number of amides is 1. The van der Waals surface area contributed by atoms with Gasteiger partial charge in [-0.25, -0.2) is 9.37 Å². The Morgan fingerprint density at radius 2 is 2.11 bits per heavy atom. The van der Waals surface area contributed by atoms with Crippen LogP contribution in [-0.2, 0) is 4.79 Å². The molecular weight excluding hydrogens is 385 g/mol. The Hall–Kier alpha value is -2.19. The number of hydrogen-bond acceptors (Lipinski definition) is 5. The van der Waals surface area contributed by atoms with Gasteiger partial charge in [-0.3, -0.25) is 14.2 Å². The summed E-state index contributed by atoms with van der Waals surface area (Å²) in [6, 6.07) is 7.81. The molecule has 1 amide bonds. The first-order valence-electron chi connectivity index (χ1n) is 8.62. The Bertz CT molecular complexity index is 1010. The van der Waals surface area contributed by atoms with Crippen molar-refractivity contribution in [2.75, 3.05) is 12.3 Å². The number of thiophene rings is 1. The van der Waals surface area contributed by atoms with Gasteiger partial charge in [-0.15, -0.1) is 11.3 Å². The van der Waals surface area contributed by atoms with E-state index in [9.17, 15) is 14.0 Å². The number of nitrogens with one attached hydrogen (secondary N) is 1. The fourth-order valence-corrected chi connectivity index (χ4v) is 4.11. The smallest absolute Gasteiger partial charge is 0.276 e. The molecule has 8 heteroatoms. The predicted molar refractivity (Wildman–Crippen MR) is 108 cm³/mol. The minimum absolute atomic E-state index is 0.106. The maximum Gasteiger partial charge on any atom is 0.276 e. The number of thioether (sulfide) groups is 1. The van der Waals surface area contributed by atoms with E-state index in [0.29, 0.717) is 27.8 Å². The van der Waals surface area contributed by atoms with Crippen LogP contribution in [0.5, 0.6) is 0 Å². The van der Waals surface area contributed by atoms with Gasteiger partial charge in [-0.2, -0.15) is 0 Å². The van der Waals surface area contributed by atoms with Crippen molar-refractivity contribution in [3.05, 3.63) is 51.9 Å². The lowest BCUT2D eigenvalue weighted by Gasteiger charge is -2.13. The largest absolute Gasteiger partial charge is 0.355 e. The van der Waals surface area contributed by atoms with Gasteiger partial charge in [-0.05, 0) is 35.9 Å². The molecule has 27 heavy (non-hydrogen) atoms. The van der Waals surface area contributed by atoms with Crippen LogP contribution in [0, 0.1) is 11.7 Å². The summed E-state index contributed by atoms with van der Waals surface area (Å²) in [6.07, 6.45) is 0.898. The standard InChI is InChI=1S/C19H20FN3O2S2/c1-12(2)7-9-21-16(24)11-27-19-22-14-8-10-26-17(14)18(25)23(19)15-6-4-3-5-13(15)20/h3-6,8,10,12H,7,9,11H2,1-2H3,(H,21,24). The Morgan fingerprint density at radius 1 is 1.33 bits per heavy atom. The summed E-state index contributed by atoms with van der Waals surface area (Å²) in [4.78, 5) is 29.5. The van der Waals surface area contributed by atoms with Gasteiger partial charge in [0.15, 0.2) is 5.16 Å². The highest BCUT2D eigenvalue weighted by Gasteiger charge is 2.17. The third-order valence-corrected chi connectivity index (χ3v) is 5.75. The van der Waals surface area contributed by atoms with Crippen molar-refractivity contribution < 1.29 is 9.18 Å². The van der Waals surface area contributed by atoms with E-state index >= 15 is 0 Å². The predicted octanol–water partition coefficient (Wildman–Crippen LogP) is 3.84.